The van der Waals surface area contributed by atoms with E-state index in [0.29, 0.717) is 0 Å². The molecule has 1 N–H and O–H groups in total. The van der Waals surface area contributed by atoms with Crippen molar-refractivity contribution >= 4 is 29.9 Å². The zero-order valence-electron chi connectivity index (χ0n) is 18.7. The van der Waals surface area contributed by atoms with Gasteiger partial charge in [-0.25, -0.2) is 0 Å². The normalized spacial score (nSPS) is 14.6. The summed E-state index contributed by atoms with van der Waals surface area (Å²) >= 11 is 0. The van der Waals surface area contributed by atoms with Gasteiger partial charge in [0.2, 0.25) is 0 Å². The van der Waals surface area contributed by atoms with E-state index in [1.807, 2.05) is 12.1 Å². The first kappa shape index (κ1) is 25.8. The van der Waals surface area contributed by atoms with Crippen molar-refractivity contribution in [3.8, 4) is 11.5 Å². The number of hydrogen-bond acceptors (Lipinski definition) is 4. The van der Waals surface area contributed by atoms with E-state index in [4.69, 9.17) is 14.5 Å². The molecule has 0 atom stereocenters. The van der Waals surface area contributed by atoms with Gasteiger partial charge < -0.3 is 24.6 Å². The third-order valence-electron chi connectivity index (χ3n) is 5.54. The topological polar surface area (TPSA) is 49.3 Å². The van der Waals surface area contributed by atoms with Gasteiger partial charge in [-0.3, -0.25) is 4.99 Å². The van der Waals surface area contributed by atoms with Crippen LogP contribution in [0, 0.1) is 0 Å². The quantitative estimate of drug-likeness (QED) is 0.291. The van der Waals surface area contributed by atoms with Crippen LogP contribution in [0.25, 0.3) is 0 Å². The van der Waals surface area contributed by atoms with Crippen LogP contribution < -0.4 is 14.8 Å². The van der Waals surface area contributed by atoms with Crippen molar-refractivity contribution in [3.63, 3.8) is 0 Å². The molecule has 0 heterocycles. The Morgan fingerprint density at radius 3 is 2.41 bits per heavy atom. The summed E-state index contributed by atoms with van der Waals surface area (Å²) in [6.07, 6.45) is 6.35. The van der Waals surface area contributed by atoms with Gasteiger partial charge in [-0.05, 0) is 50.9 Å². The fourth-order valence-electron chi connectivity index (χ4n) is 3.75. The lowest BCUT2D eigenvalue weighted by atomic mass is 10.1. The fourth-order valence-corrected chi connectivity index (χ4v) is 3.75. The van der Waals surface area contributed by atoms with Crippen LogP contribution in [-0.4, -0.2) is 76.3 Å². The molecule has 2 rings (SSSR count). The molecule has 0 spiro atoms. The third-order valence-corrected chi connectivity index (χ3v) is 5.54. The predicted octanol–water partition coefficient (Wildman–Crippen LogP) is 3.64. The molecule has 166 valence electrons. The highest BCUT2D eigenvalue weighted by atomic mass is 127. The maximum Gasteiger partial charge on any atom is 0.193 e. The Labute approximate surface area is 194 Å². The highest BCUT2D eigenvalue weighted by Crippen LogP contribution is 2.27. The van der Waals surface area contributed by atoms with Crippen molar-refractivity contribution in [1.29, 1.82) is 0 Å². The first-order valence-corrected chi connectivity index (χ1v) is 10.5. The molecule has 6 nitrogen and oxygen atoms in total. The number of methoxy groups -OCH3 is 2. The van der Waals surface area contributed by atoms with Crippen molar-refractivity contribution in [3.05, 3.63) is 23.8 Å². The van der Waals surface area contributed by atoms with Gasteiger partial charge in [-0.2, -0.15) is 0 Å². The maximum absolute atomic E-state index is 5.41. The van der Waals surface area contributed by atoms with E-state index in [1.165, 1.54) is 31.2 Å². The average Bonchev–Trinajstić information content (AvgIpc) is 3.26. The Morgan fingerprint density at radius 2 is 1.79 bits per heavy atom. The number of rotatable bonds is 10. The molecule has 1 aliphatic carbocycles. The minimum atomic E-state index is 0. The van der Waals surface area contributed by atoms with Crippen molar-refractivity contribution < 1.29 is 9.47 Å². The number of nitrogens with one attached hydrogen (secondary N) is 1. The molecule has 29 heavy (non-hydrogen) atoms. The SMILES string of the molecule is CCNC(=NCCN(C)C1CCCC1)N(C)CCc1ccc(OC)c(OC)c1.I. The van der Waals surface area contributed by atoms with Crippen LogP contribution in [0.15, 0.2) is 23.2 Å². The smallest absolute Gasteiger partial charge is 0.193 e. The van der Waals surface area contributed by atoms with Crippen LogP contribution in [-0.2, 0) is 6.42 Å². The summed E-state index contributed by atoms with van der Waals surface area (Å²) in [5.41, 5.74) is 1.22. The molecule has 0 aliphatic heterocycles. The van der Waals surface area contributed by atoms with Crippen LogP contribution in [0.4, 0.5) is 0 Å². The molecule has 0 bridgehead atoms. The molecule has 0 amide bonds. The van der Waals surface area contributed by atoms with Crippen LogP contribution in [0.5, 0.6) is 11.5 Å². The molecule has 1 aliphatic rings. The van der Waals surface area contributed by atoms with E-state index >= 15 is 0 Å². The number of benzene rings is 1. The highest BCUT2D eigenvalue weighted by molar-refractivity contribution is 14.0. The zero-order valence-corrected chi connectivity index (χ0v) is 21.1. The number of hydrogen-bond donors (Lipinski definition) is 1. The zero-order chi connectivity index (χ0) is 20.4. The van der Waals surface area contributed by atoms with Gasteiger partial charge in [0.25, 0.3) is 0 Å². The van der Waals surface area contributed by atoms with E-state index in [1.54, 1.807) is 14.2 Å². The van der Waals surface area contributed by atoms with Crippen LogP contribution >= 0.6 is 24.0 Å². The molecular formula is C22H39IN4O2. The number of nitrogens with zero attached hydrogens (tertiary/aromatic N) is 3. The molecule has 0 radical (unpaired) electrons. The predicted molar refractivity (Wildman–Crippen MR) is 132 cm³/mol. The first-order valence-electron chi connectivity index (χ1n) is 10.5. The van der Waals surface area contributed by atoms with Crippen molar-refractivity contribution in [2.45, 2.75) is 45.1 Å². The van der Waals surface area contributed by atoms with E-state index in [-0.39, 0.29) is 24.0 Å². The summed E-state index contributed by atoms with van der Waals surface area (Å²) < 4.78 is 10.7. The minimum absolute atomic E-state index is 0. The van der Waals surface area contributed by atoms with Crippen LogP contribution in [0.3, 0.4) is 0 Å². The maximum atomic E-state index is 5.41. The Bertz CT molecular complexity index is 621. The molecule has 0 unspecified atom stereocenters. The molecule has 1 aromatic carbocycles. The second-order valence-corrected chi connectivity index (χ2v) is 7.52. The molecule has 1 fully saturated rings. The molecule has 7 heteroatoms. The summed E-state index contributed by atoms with van der Waals surface area (Å²) in [6.45, 7) is 5.72. The van der Waals surface area contributed by atoms with Crippen molar-refractivity contribution in [1.82, 2.24) is 15.1 Å². The van der Waals surface area contributed by atoms with Gasteiger partial charge in [0.05, 0.1) is 20.8 Å². The lowest BCUT2D eigenvalue weighted by Crippen LogP contribution is -2.40. The second-order valence-electron chi connectivity index (χ2n) is 7.52. The van der Waals surface area contributed by atoms with Gasteiger partial charge in [-0.15, -0.1) is 24.0 Å². The van der Waals surface area contributed by atoms with E-state index in [9.17, 15) is 0 Å². The highest BCUT2D eigenvalue weighted by Gasteiger charge is 2.18. The van der Waals surface area contributed by atoms with Crippen molar-refractivity contribution in [2.75, 3.05) is 54.5 Å². The second kappa shape index (κ2) is 13.9. The summed E-state index contributed by atoms with van der Waals surface area (Å²) in [4.78, 5) is 9.52. The Kier molecular flexibility index (Phi) is 12.4. The summed E-state index contributed by atoms with van der Waals surface area (Å²) in [6, 6.07) is 6.86. The summed E-state index contributed by atoms with van der Waals surface area (Å²) in [5.74, 6) is 2.52. The number of ether oxygens (including phenoxy) is 2. The Balaban J connectivity index is 0.00000420. The van der Waals surface area contributed by atoms with E-state index < -0.39 is 0 Å². The summed E-state index contributed by atoms with van der Waals surface area (Å²) in [5, 5.41) is 3.42. The minimum Gasteiger partial charge on any atom is -0.493 e. The largest absolute Gasteiger partial charge is 0.493 e. The lowest BCUT2D eigenvalue weighted by Gasteiger charge is -2.25. The molecule has 1 aromatic rings. The van der Waals surface area contributed by atoms with Gasteiger partial charge in [0, 0.05) is 32.7 Å². The van der Waals surface area contributed by atoms with E-state index in [0.717, 1.165) is 56.1 Å². The van der Waals surface area contributed by atoms with Gasteiger partial charge >= 0.3 is 0 Å². The standard InChI is InChI=1S/C22H38N4O2.HI/c1-6-23-22(24-14-16-25(2)19-9-7-8-10-19)26(3)15-13-18-11-12-20(27-4)21(17-18)28-5;/h11-12,17,19H,6-10,13-16H2,1-5H3,(H,23,24);1H. The molecule has 1 saturated carbocycles. The lowest BCUT2D eigenvalue weighted by molar-refractivity contribution is 0.252. The Morgan fingerprint density at radius 1 is 1.10 bits per heavy atom. The Hall–Kier alpha value is -1.22. The molecular weight excluding hydrogens is 479 g/mol. The van der Waals surface area contributed by atoms with Gasteiger partial charge in [0.15, 0.2) is 17.5 Å². The summed E-state index contributed by atoms with van der Waals surface area (Å²) in [7, 11) is 7.67. The van der Waals surface area contributed by atoms with Crippen LogP contribution in [0.2, 0.25) is 0 Å². The first-order chi connectivity index (χ1) is 13.6. The fraction of sp³-hybridized carbons (Fsp3) is 0.682. The van der Waals surface area contributed by atoms with Gasteiger partial charge in [0.1, 0.15) is 0 Å². The van der Waals surface area contributed by atoms with E-state index in [2.05, 4.69) is 42.2 Å². The van der Waals surface area contributed by atoms with Crippen molar-refractivity contribution in [2.24, 2.45) is 4.99 Å². The van der Waals surface area contributed by atoms with Gasteiger partial charge in [-0.1, -0.05) is 18.9 Å². The number of halogens is 1. The molecule has 0 aromatic heterocycles. The number of guanidine groups is 1. The third kappa shape index (κ3) is 8.20. The number of likely N-dealkylation sites (N-methyl/N-ethyl adjacent to an activating group) is 2. The molecule has 0 saturated heterocycles. The average molecular weight is 518 g/mol. The monoisotopic (exact) mass is 518 g/mol. The van der Waals surface area contributed by atoms with Crippen LogP contribution in [0.1, 0.15) is 38.2 Å². The number of aliphatic imine (C=N–C) groups is 1.